The topological polar surface area (TPSA) is 77.9 Å². The largest absolute Gasteiger partial charge is 0.468 e. The van der Waals surface area contributed by atoms with Gasteiger partial charge in [-0.3, -0.25) is 9.47 Å². The first-order valence-corrected chi connectivity index (χ1v) is 9.87. The minimum absolute atomic E-state index is 0.167. The van der Waals surface area contributed by atoms with Gasteiger partial charge in [0.2, 0.25) is 11.0 Å². The Kier molecular flexibility index (Phi) is 5.29. The van der Waals surface area contributed by atoms with Gasteiger partial charge in [-0.2, -0.15) is 4.68 Å². The predicted octanol–water partition coefficient (Wildman–Crippen LogP) is 3.94. The molecule has 0 atom stereocenters. The summed E-state index contributed by atoms with van der Waals surface area (Å²) in [6.07, 6.45) is 6.17. The van der Waals surface area contributed by atoms with Crippen molar-refractivity contribution in [2.24, 2.45) is 0 Å². The average Bonchev–Trinajstić information content (AvgIpc) is 3.43. The molecule has 0 aliphatic rings. The minimum Gasteiger partial charge on any atom is -0.468 e. The lowest BCUT2D eigenvalue weighted by molar-refractivity contribution is 0.523. The van der Waals surface area contributed by atoms with Gasteiger partial charge in [0.15, 0.2) is 0 Å². The van der Waals surface area contributed by atoms with E-state index in [0.717, 1.165) is 17.9 Å². The third-order valence-electron chi connectivity index (χ3n) is 4.18. The first-order valence-electron chi connectivity index (χ1n) is 8.89. The van der Waals surface area contributed by atoms with Crippen molar-refractivity contribution in [3.63, 3.8) is 0 Å². The molecule has 3 heterocycles. The molecule has 4 aromatic rings. The zero-order valence-corrected chi connectivity index (χ0v) is 16.1. The van der Waals surface area contributed by atoms with E-state index in [-0.39, 0.29) is 11.4 Å². The normalized spacial score (nSPS) is 10.9. The Balaban J connectivity index is 1.66. The van der Waals surface area contributed by atoms with Crippen LogP contribution in [-0.2, 0) is 12.2 Å². The van der Waals surface area contributed by atoms with Crippen LogP contribution in [0.1, 0.15) is 18.2 Å². The maximum Gasteiger partial charge on any atom is 0.316 e. The van der Waals surface area contributed by atoms with Gasteiger partial charge in [0.25, 0.3) is 0 Å². The second kappa shape index (κ2) is 8.18. The molecule has 1 N–H and O–H groups in total. The molecule has 28 heavy (non-hydrogen) atoms. The quantitative estimate of drug-likeness (QED) is 0.479. The highest BCUT2D eigenvalue weighted by molar-refractivity contribution is 7.98. The van der Waals surface area contributed by atoms with E-state index in [0.29, 0.717) is 10.9 Å². The van der Waals surface area contributed by atoms with Crippen molar-refractivity contribution in [1.29, 1.82) is 0 Å². The fraction of sp³-hybridized carbons (Fsp3) is 0.150. The summed E-state index contributed by atoms with van der Waals surface area (Å²) >= 11 is 1.38. The molecule has 0 amide bonds. The monoisotopic (exact) mass is 393 g/mol. The fourth-order valence-electron chi connectivity index (χ4n) is 2.69. The number of benzene rings is 1. The Bertz CT molecular complexity index is 1090. The molecule has 1 aromatic carbocycles. The Morgan fingerprint density at radius 2 is 1.86 bits per heavy atom. The lowest BCUT2D eigenvalue weighted by Crippen LogP contribution is -2.30. The Morgan fingerprint density at radius 1 is 1.07 bits per heavy atom. The van der Waals surface area contributed by atoms with Gasteiger partial charge in [-0.1, -0.05) is 30.8 Å². The van der Waals surface area contributed by atoms with Crippen LogP contribution in [0.3, 0.4) is 0 Å². The average molecular weight is 393 g/mol. The first-order chi connectivity index (χ1) is 13.7. The van der Waals surface area contributed by atoms with E-state index in [4.69, 9.17) is 4.42 Å². The van der Waals surface area contributed by atoms with Crippen molar-refractivity contribution < 1.29 is 4.42 Å². The molecule has 0 bridgehead atoms. The third kappa shape index (κ3) is 3.86. The van der Waals surface area contributed by atoms with Crippen LogP contribution in [-0.4, -0.2) is 19.5 Å². The van der Waals surface area contributed by atoms with Crippen molar-refractivity contribution in [3.8, 4) is 0 Å². The Labute approximate surface area is 166 Å². The summed E-state index contributed by atoms with van der Waals surface area (Å²) in [4.78, 5) is 13.1. The SMILES string of the molecule is CCc1ccc(Nc2nnc(SCc3ccco3)n(-n3cccc3)c2=O)cc1. The number of anilines is 2. The molecule has 142 valence electrons. The van der Waals surface area contributed by atoms with Gasteiger partial charge in [-0.15, -0.1) is 10.2 Å². The highest BCUT2D eigenvalue weighted by Gasteiger charge is 2.15. The Morgan fingerprint density at radius 3 is 2.54 bits per heavy atom. The molecule has 0 aliphatic carbocycles. The molecule has 0 fully saturated rings. The summed E-state index contributed by atoms with van der Waals surface area (Å²) in [6, 6.07) is 15.3. The van der Waals surface area contributed by atoms with Crippen LogP contribution >= 0.6 is 11.8 Å². The van der Waals surface area contributed by atoms with Crippen LogP contribution in [0.15, 0.2) is 81.6 Å². The second-order valence-electron chi connectivity index (χ2n) is 6.05. The number of thioether (sulfide) groups is 1. The number of nitrogens with one attached hydrogen (secondary N) is 1. The van der Waals surface area contributed by atoms with Gasteiger partial charge < -0.3 is 9.73 Å². The van der Waals surface area contributed by atoms with E-state index >= 15 is 0 Å². The fourth-order valence-corrected chi connectivity index (χ4v) is 3.52. The summed E-state index contributed by atoms with van der Waals surface area (Å²) in [5.74, 6) is 1.52. The molecular formula is C20H19N5O2S. The van der Waals surface area contributed by atoms with Crippen LogP contribution in [0.4, 0.5) is 11.5 Å². The van der Waals surface area contributed by atoms with Gasteiger partial charge in [0.1, 0.15) is 5.76 Å². The van der Waals surface area contributed by atoms with Crippen molar-refractivity contribution >= 4 is 23.3 Å². The van der Waals surface area contributed by atoms with E-state index in [1.54, 1.807) is 23.3 Å². The van der Waals surface area contributed by atoms with Crippen LogP contribution in [0.2, 0.25) is 0 Å². The van der Waals surface area contributed by atoms with E-state index in [1.165, 1.54) is 22.0 Å². The summed E-state index contributed by atoms with van der Waals surface area (Å²) in [5, 5.41) is 12.0. The van der Waals surface area contributed by atoms with E-state index in [2.05, 4.69) is 22.4 Å². The molecule has 3 aromatic heterocycles. The number of hydrogen-bond acceptors (Lipinski definition) is 6. The van der Waals surface area contributed by atoms with Crippen LogP contribution < -0.4 is 10.9 Å². The molecular weight excluding hydrogens is 374 g/mol. The molecule has 0 spiro atoms. The maximum absolute atomic E-state index is 13.1. The van der Waals surface area contributed by atoms with Gasteiger partial charge in [-0.25, -0.2) is 0 Å². The summed E-state index contributed by atoms with van der Waals surface area (Å²) in [5.41, 5.74) is 1.73. The summed E-state index contributed by atoms with van der Waals surface area (Å²) in [7, 11) is 0. The minimum atomic E-state index is -0.285. The van der Waals surface area contributed by atoms with Gasteiger partial charge >= 0.3 is 5.56 Å². The number of furan rings is 1. The second-order valence-corrected chi connectivity index (χ2v) is 7.00. The molecule has 0 saturated heterocycles. The molecule has 7 nitrogen and oxygen atoms in total. The van der Waals surface area contributed by atoms with Crippen LogP contribution in [0.25, 0.3) is 0 Å². The number of hydrogen-bond donors (Lipinski definition) is 1. The summed E-state index contributed by atoms with van der Waals surface area (Å²) < 4.78 is 8.54. The molecule has 8 heteroatoms. The van der Waals surface area contributed by atoms with Crippen molar-refractivity contribution in [1.82, 2.24) is 19.5 Å². The Hall–Kier alpha value is -3.26. The van der Waals surface area contributed by atoms with E-state index in [1.807, 2.05) is 48.5 Å². The summed E-state index contributed by atoms with van der Waals surface area (Å²) in [6.45, 7) is 2.10. The highest BCUT2D eigenvalue weighted by atomic mass is 32.2. The molecule has 0 aliphatic heterocycles. The lowest BCUT2D eigenvalue weighted by Gasteiger charge is -2.13. The van der Waals surface area contributed by atoms with Crippen molar-refractivity contribution in [2.75, 3.05) is 5.32 Å². The van der Waals surface area contributed by atoms with E-state index < -0.39 is 0 Å². The number of aryl methyl sites for hydroxylation is 1. The lowest BCUT2D eigenvalue weighted by atomic mass is 10.1. The predicted molar refractivity (Wildman–Crippen MR) is 109 cm³/mol. The smallest absolute Gasteiger partial charge is 0.316 e. The standard InChI is InChI=1S/C20H19N5O2S/c1-2-15-7-9-16(10-8-15)21-18-19(26)25(24-11-3-4-12-24)20(23-22-18)28-14-17-6-5-13-27-17/h3-13H,2,14H2,1H3,(H,21,22). The molecule has 0 radical (unpaired) electrons. The zero-order valence-electron chi connectivity index (χ0n) is 15.3. The van der Waals surface area contributed by atoms with Gasteiger partial charge in [0, 0.05) is 18.1 Å². The molecule has 4 rings (SSSR count). The van der Waals surface area contributed by atoms with E-state index in [9.17, 15) is 4.79 Å². The molecule has 0 saturated carbocycles. The third-order valence-corrected chi connectivity index (χ3v) is 5.12. The van der Waals surface area contributed by atoms with Crippen molar-refractivity contribution in [2.45, 2.75) is 24.3 Å². The van der Waals surface area contributed by atoms with Gasteiger partial charge in [-0.05, 0) is 48.4 Å². The van der Waals surface area contributed by atoms with Gasteiger partial charge in [0.05, 0.1) is 12.0 Å². The highest BCUT2D eigenvalue weighted by Crippen LogP contribution is 2.21. The van der Waals surface area contributed by atoms with Crippen molar-refractivity contribution in [3.05, 3.63) is 88.9 Å². The maximum atomic E-state index is 13.1. The van der Waals surface area contributed by atoms with Crippen LogP contribution in [0, 0.1) is 0 Å². The molecule has 0 unspecified atom stereocenters. The first kappa shape index (κ1) is 18.1. The number of nitrogens with zero attached hydrogens (tertiary/aromatic N) is 4. The number of rotatable bonds is 7. The number of aromatic nitrogens is 4. The zero-order chi connectivity index (χ0) is 19.3. The van der Waals surface area contributed by atoms with Crippen LogP contribution in [0.5, 0.6) is 0 Å².